The van der Waals surface area contributed by atoms with Crippen LogP contribution in [-0.2, 0) is 9.53 Å². The Bertz CT molecular complexity index is 813. The highest BCUT2D eigenvalue weighted by Gasteiger charge is 2.21. The summed E-state index contributed by atoms with van der Waals surface area (Å²) in [5.41, 5.74) is 2.14. The average Bonchev–Trinajstić information content (AvgIpc) is 3.09. The summed E-state index contributed by atoms with van der Waals surface area (Å²) in [5, 5.41) is 2.75. The van der Waals surface area contributed by atoms with Gasteiger partial charge in [0.15, 0.2) is 17.6 Å². The van der Waals surface area contributed by atoms with Crippen molar-refractivity contribution in [2.75, 3.05) is 12.1 Å². The summed E-state index contributed by atoms with van der Waals surface area (Å²) in [6.45, 7) is 5.86. The number of hydrogen-bond donors (Lipinski definition) is 1. The van der Waals surface area contributed by atoms with Crippen LogP contribution in [0.3, 0.4) is 0 Å². The van der Waals surface area contributed by atoms with Crippen molar-refractivity contribution < 1.29 is 23.8 Å². The van der Waals surface area contributed by atoms with Crippen LogP contribution in [-0.4, -0.2) is 24.8 Å². The molecule has 1 aliphatic heterocycles. The quantitative estimate of drug-likeness (QED) is 0.828. The van der Waals surface area contributed by atoms with Crippen molar-refractivity contribution in [2.45, 2.75) is 32.8 Å². The summed E-state index contributed by atoms with van der Waals surface area (Å²) in [6, 6.07) is 12.3. The Balaban J connectivity index is 1.59. The van der Waals surface area contributed by atoms with E-state index in [0.717, 1.165) is 0 Å². The first-order chi connectivity index (χ1) is 12.4. The van der Waals surface area contributed by atoms with E-state index in [-0.39, 0.29) is 6.79 Å². The van der Waals surface area contributed by atoms with Crippen molar-refractivity contribution in [2.24, 2.45) is 0 Å². The molecule has 2 aromatic carbocycles. The van der Waals surface area contributed by atoms with E-state index >= 15 is 0 Å². The lowest BCUT2D eigenvalue weighted by atomic mass is 10.0. The van der Waals surface area contributed by atoms with E-state index in [0.29, 0.717) is 28.7 Å². The van der Waals surface area contributed by atoms with Gasteiger partial charge in [-0.05, 0) is 48.7 Å². The van der Waals surface area contributed by atoms with Crippen molar-refractivity contribution in [3.8, 4) is 11.5 Å². The molecule has 1 amide bonds. The number of benzene rings is 2. The van der Waals surface area contributed by atoms with E-state index < -0.39 is 18.0 Å². The zero-order valence-corrected chi connectivity index (χ0v) is 14.9. The molecule has 0 fully saturated rings. The number of hydrogen-bond acceptors (Lipinski definition) is 5. The maximum atomic E-state index is 12.3. The fraction of sp³-hybridized carbons (Fsp3) is 0.300. The highest BCUT2D eigenvalue weighted by Crippen LogP contribution is 2.32. The molecular formula is C20H21NO5. The van der Waals surface area contributed by atoms with Crippen LogP contribution in [0.1, 0.15) is 42.6 Å². The lowest BCUT2D eigenvalue weighted by Gasteiger charge is -2.14. The molecule has 1 atom stereocenters. The minimum Gasteiger partial charge on any atom is -0.454 e. The normalized spacial score (nSPS) is 13.4. The number of carbonyl (C=O) groups excluding carboxylic acids is 2. The van der Waals surface area contributed by atoms with Gasteiger partial charge in [0, 0.05) is 5.69 Å². The number of nitrogens with one attached hydrogen (secondary N) is 1. The molecule has 0 saturated carbocycles. The molecule has 3 rings (SSSR count). The number of anilines is 1. The molecule has 0 saturated heterocycles. The standard InChI is InChI=1S/C20H21NO5/c1-12(2)14-4-7-16(8-5-14)21-19(22)13(3)26-20(23)15-6-9-17-18(10-15)25-11-24-17/h4-10,12-13H,11H2,1-3H3,(H,21,22)/t13-/m0/s1. The minimum absolute atomic E-state index is 0.127. The number of amides is 1. The summed E-state index contributed by atoms with van der Waals surface area (Å²) in [4.78, 5) is 24.5. The third-order valence-corrected chi connectivity index (χ3v) is 4.11. The van der Waals surface area contributed by atoms with E-state index in [4.69, 9.17) is 14.2 Å². The van der Waals surface area contributed by atoms with Crippen molar-refractivity contribution in [1.29, 1.82) is 0 Å². The largest absolute Gasteiger partial charge is 0.454 e. The second-order valence-corrected chi connectivity index (χ2v) is 6.38. The molecule has 6 heteroatoms. The van der Waals surface area contributed by atoms with E-state index in [1.807, 2.05) is 24.3 Å². The first-order valence-corrected chi connectivity index (χ1v) is 8.45. The number of ether oxygens (including phenoxy) is 3. The van der Waals surface area contributed by atoms with Crippen LogP contribution in [0.5, 0.6) is 11.5 Å². The molecule has 136 valence electrons. The lowest BCUT2D eigenvalue weighted by Crippen LogP contribution is -2.30. The van der Waals surface area contributed by atoms with Gasteiger partial charge in [0.05, 0.1) is 5.56 Å². The van der Waals surface area contributed by atoms with Gasteiger partial charge in [-0.2, -0.15) is 0 Å². The van der Waals surface area contributed by atoms with E-state index in [2.05, 4.69) is 19.2 Å². The van der Waals surface area contributed by atoms with Crippen molar-refractivity contribution in [3.63, 3.8) is 0 Å². The maximum absolute atomic E-state index is 12.3. The predicted octanol–water partition coefficient (Wildman–Crippen LogP) is 3.72. The summed E-state index contributed by atoms with van der Waals surface area (Å²) in [7, 11) is 0. The molecule has 0 aliphatic carbocycles. The number of carbonyl (C=O) groups is 2. The fourth-order valence-electron chi connectivity index (χ4n) is 2.50. The zero-order chi connectivity index (χ0) is 18.7. The van der Waals surface area contributed by atoms with Crippen molar-refractivity contribution in [1.82, 2.24) is 0 Å². The van der Waals surface area contributed by atoms with Crippen LogP contribution in [0, 0.1) is 0 Å². The summed E-state index contributed by atoms with van der Waals surface area (Å²) in [6.07, 6.45) is -0.933. The smallest absolute Gasteiger partial charge is 0.339 e. The van der Waals surface area contributed by atoms with E-state index in [1.54, 1.807) is 18.2 Å². The van der Waals surface area contributed by atoms with Crippen LogP contribution in [0.2, 0.25) is 0 Å². The predicted molar refractivity (Wildman–Crippen MR) is 96.6 cm³/mol. The Kier molecular flexibility index (Phi) is 5.11. The number of rotatable bonds is 5. The summed E-state index contributed by atoms with van der Waals surface area (Å²) < 4.78 is 15.7. The molecule has 0 unspecified atom stereocenters. The maximum Gasteiger partial charge on any atom is 0.339 e. The highest BCUT2D eigenvalue weighted by atomic mass is 16.7. The van der Waals surface area contributed by atoms with Gasteiger partial charge < -0.3 is 19.5 Å². The van der Waals surface area contributed by atoms with Gasteiger partial charge in [-0.25, -0.2) is 4.79 Å². The topological polar surface area (TPSA) is 73.9 Å². The number of esters is 1. The first kappa shape index (κ1) is 17.8. The monoisotopic (exact) mass is 355 g/mol. The molecule has 6 nitrogen and oxygen atoms in total. The summed E-state index contributed by atoms with van der Waals surface area (Å²) in [5.74, 6) is 0.498. The van der Waals surface area contributed by atoms with Gasteiger partial charge >= 0.3 is 5.97 Å². The van der Waals surface area contributed by atoms with Gasteiger partial charge in [0.25, 0.3) is 5.91 Å². The van der Waals surface area contributed by atoms with Crippen molar-refractivity contribution in [3.05, 3.63) is 53.6 Å². The molecule has 2 aromatic rings. The Morgan fingerprint density at radius 1 is 1.00 bits per heavy atom. The van der Waals surface area contributed by atoms with Crippen LogP contribution in [0.15, 0.2) is 42.5 Å². The Labute approximate surface area is 152 Å². The molecule has 0 spiro atoms. The second kappa shape index (κ2) is 7.47. The first-order valence-electron chi connectivity index (χ1n) is 8.45. The molecule has 0 aromatic heterocycles. The molecule has 1 heterocycles. The van der Waals surface area contributed by atoms with Crippen LogP contribution in [0.25, 0.3) is 0 Å². The fourth-order valence-corrected chi connectivity index (χ4v) is 2.50. The molecule has 0 bridgehead atoms. The molecular weight excluding hydrogens is 334 g/mol. The van der Waals surface area contributed by atoms with Crippen LogP contribution in [0.4, 0.5) is 5.69 Å². The Hall–Kier alpha value is -3.02. The lowest BCUT2D eigenvalue weighted by molar-refractivity contribution is -0.123. The molecule has 1 aliphatic rings. The van der Waals surface area contributed by atoms with Crippen molar-refractivity contribution >= 4 is 17.6 Å². The zero-order valence-electron chi connectivity index (χ0n) is 14.9. The third kappa shape index (κ3) is 3.96. The van der Waals surface area contributed by atoms with Gasteiger partial charge in [0.1, 0.15) is 0 Å². The van der Waals surface area contributed by atoms with E-state index in [1.165, 1.54) is 12.5 Å². The van der Waals surface area contributed by atoms with Crippen LogP contribution >= 0.6 is 0 Å². The number of fused-ring (bicyclic) bond motifs is 1. The molecule has 1 N–H and O–H groups in total. The molecule has 26 heavy (non-hydrogen) atoms. The summed E-state index contributed by atoms with van der Waals surface area (Å²) >= 11 is 0. The van der Waals surface area contributed by atoms with Gasteiger partial charge in [-0.15, -0.1) is 0 Å². The van der Waals surface area contributed by atoms with Gasteiger partial charge in [-0.3, -0.25) is 4.79 Å². The van der Waals surface area contributed by atoms with Gasteiger partial charge in [-0.1, -0.05) is 26.0 Å². The van der Waals surface area contributed by atoms with E-state index in [9.17, 15) is 9.59 Å². The highest BCUT2D eigenvalue weighted by molar-refractivity contribution is 5.97. The SMILES string of the molecule is CC(C)c1ccc(NC(=O)[C@H](C)OC(=O)c2ccc3c(c2)OCO3)cc1. The molecule has 0 radical (unpaired) electrons. The minimum atomic E-state index is -0.933. The average molecular weight is 355 g/mol. The Morgan fingerprint density at radius 3 is 2.38 bits per heavy atom. The van der Waals surface area contributed by atoms with Gasteiger partial charge in [0.2, 0.25) is 6.79 Å². The Morgan fingerprint density at radius 2 is 1.69 bits per heavy atom. The third-order valence-electron chi connectivity index (χ3n) is 4.11. The second-order valence-electron chi connectivity index (χ2n) is 6.38. The van der Waals surface area contributed by atoms with Crippen LogP contribution < -0.4 is 14.8 Å².